The van der Waals surface area contributed by atoms with Crippen LogP contribution < -0.4 is 5.32 Å². The number of nitrogens with zero attached hydrogens (tertiary/aromatic N) is 2. The van der Waals surface area contributed by atoms with Crippen LogP contribution in [0.1, 0.15) is 18.6 Å². The van der Waals surface area contributed by atoms with Gasteiger partial charge in [-0.3, -0.25) is 4.79 Å². The van der Waals surface area contributed by atoms with Crippen LogP contribution in [0.5, 0.6) is 0 Å². The fourth-order valence-electron chi connectivity index (χ4n) is 4.30. The summed E-state index contributed by atoms with van der Waals surface area (Å²) in [6, 6.07) is 20.2. The van der Waals surface area contributed by atoms with E-state index in [1.807, 2.05) is 61.5 Å². The Bertz CT molecular complexity index is 1450. The summed E-state index contributed by atoms with van der Waals surface area (Å²) in [6.07, 6.45) is 2.59. The molecule has 34 heavy (non-hydrogen) atoms. The van der Waals surface area contributed by atoms with E-state index in [4.69, 9.17) is 4.42 Å². The fraction of sp³-hybridized carbons (Fsp3) is 0.231. The molecule has 0 aliphatic carbocycles. The molecule has 0 atom stereocenters. The van der Waals surface area contributed by atoms with E-state index in [2.05, 4.69) is 10.3 Å². The van der Waals surface area contributed by atoms with Crippen molar-refractivity contribution in [2.24, 2.45) is 5.92 Å². The molecule has 1 saturated heterocycles. The van der Waals surface area contributed by atoms with Crippen LogP contribution in [-0.2, 0) is 14.8 Å². The van der Waals surface area contributed by atoms with Crippen LogP contribution in [0.15, 0.2) is 82.2 Å². The van der Waals surface area contributed by atoms with E-state index in [1.54, 1.807) is 18.3 Å². The average molecular weight is 476 g/mol. The number of hydrogen-bond donors (Lipinski definition) is 1. The molecule has 5 rings (SSSR count). The summed E-state index contributed by atoms with van der Waals surface area (Å²) in [4.78, 5) is 17.4. The number of rotatable bonds is 5. The van der Waals surface area contributed by atoms with Gasteiger partial charge in [-0.15, -0.1) is 0 Å². The van der Waals surface area contributed by atoms with Crippen molar-refractivity contribution in [2.45, 2.75) is 24.7 Å². The van der Waals surface area contributed by atoms with Gasteiger partial charge in [0.05, 0.1) is 11.1 Å². The Kier molecular flexibility index (Phi) is 5.93. The number of sulfonamides is 1. The van der Waals surface area contributed by atoms with Gasteiger partial charge in [0.15, 0.2) is 0 Å². The molecule has 4 aromatic rings. The molecule has 1 fully saturated rings. The molecule has 1 N–H and O–H groups in total. The van der Waals surface area contributed by atoms with Crippen molar-refractivity contribution >= 4 is 32.4 Å². The average Bonchev–Trinajstić information content (AvgIpc) is 3.30. The van der Waals surface area contributed by atoms with Crippen LogP contribution in [0.25, 0.3) is 22.2 Å². The third kappa shape index (κ3) is 4.47. The zero-order valence-corrected chi connectivity index (χ0v) is 19.6. The first-order valence-electron chi connectivity index (χ1n) is 11.2. The third-order valence-corrected chi connectivity index (χ3v) is 8.08. The number of amides is 1. The van der Waals surface area contributed by atoms with Crippen molar-refractivity contribution in [1.29, 1.82) is 0 Å². The molecule has 0 radical (unpaired) electrons. The number of fused-ring (bicyclic) bond motifs is 1. The maximum absolute atomic E-state index is 13.2. The monoisotopic (exact) mass is 475 g/mol. The number of nitrogens with one attached hydrogen (secondary N) is 1. The number of oxazole rings is 1. The second-order valence-electron chi connectivity index (χ2n) is 8.53. The van der Waals surface area contributed by atoms with Gasteiger partial charge in [-0.2, -0.15) is 4.31 Å². The van der Waals surface area contributed by atoms with Crippen molar-refractivity contribution < 1.29 is 17.6 Å². The molecule has 1 aliphatic heterocycles. The predicted octanol–water partition coefficient (Wildman–Crippen LogP) is 4.84. The van der Waals surface area contributed by atoms with Gasteiger partial charge in [0.2, 0.25) is 21.8 Å². The Hall–Kier alpha value is -3.49. The van der Waals surface area contributed by atoms with Gasteiger partial charge < -0.3 is 9.73 Å². The Morgan fingerprint density at radius 2 is 1.76 bits per heavy atom. The minimum absolute atomic E-state index is 0.108. The van der Waals surface area contributed by atoms with Gasteiger partial charge in [0.1, 0.15) is 5.76 Å². The van der Waals surface area contributed by atoms with Crippen molar-refractivity contribution in [3.05, 3.63) is 78.7 Å². The molecule has 3 aromatic carbocycles. The Morgan fingerprint density at radius 1 is 1.00 bits per heavy atom. The van der Waals surface area contributed by atoms with Gasteiger partial charge in [-0.25, -0.2) is 13.4 Å². The molecular weight excluding hydrogens is 450 g/mol. The van der Waals surface area contributed by atoms with E-state index in [-0.39, 0.29) is 16.7 Å². The van der Waals surface area contributed by atoms with Crippen LogP contribution in [0.2, 0.25) is 0 Å². The first-order chi connectivity index (χ1) is 16.4. The molecule has 1 aliphatic rings. The van der Waals surface area contributed by atoms with Gasteiger partial charge in [0.25, 0.3) is 0 Å². The lowest BCUT2D eigenvalue weighted by Crippen LogP contribution is -2.41. The molecule has 1 amide bonds. The minimum Gasteiger partial charge on any atom is -0.441 e. The van der Waals surface area contributed by atoms with Crippen LogP contribution in [-0.4, -0.2) is 36.7 Å². The zero-order valence-electron chi connectivity index (χ0n) is 18.8. The third-order valence-electron chi connectivity index (χ3n) is 6.18. The lowest BCUT2D eigenvalue weighted by Gasteiger charge is -2.30. The fourth-order valence-corrected chi connectivity index (χ4v) is 5.80. The van der Waals surface area contributed by atoms with E-state index in [0.29, 0.717) is 37.5 Å². The lowest BCUT2D eigenvalue weighted by molar-refractivity contribution is -0.120. The van der Waals surface area contributed by atoms with Gasteiger partial charge >= 0.3 is 0 Å². The van der Waals surface area contributed by atoms with E-state index >= 15 is 0 Å². The largest absolute Gasteiger partial charge is 0.441 e. The van der Waals surface area contributed by atoms with Crippen molar-refractivity contribution in [2.75, 3.05) is 18.4 Å². The number of aromatic nitrogens is 1. The van der Waals surface area contributed by atoms with Gasteiger partial charge in [0, 0.05) is 30.3 Å². The standard InChI is InChI=1S/C26H25N3O4S/c1-18-17-27-26(33-18)22-7-4-8-23(15-22)28-25(30)20-11-13-29(14-12-20)34(31,32)24-10-9-19-5-2-3-6-21(19)16-24/h2-10,15-17,20H,11-14H2,1H3,(H,28,30). The quantitative estimate of drug-likeness (QED) is 0.446. The van der Waals surface area contributed by atoms with Gasteiger partial charge in [-0.05, 0) is 60.9 Å². The van der Waals surface area contributed by atoms with Crippen molar-refractivity contribution in [1.82, 2.24) is 9.29 Å². The first kappa shape index (κ1) is 22.3. The number of anilines is 1. The summed E-state index contributed by atoms with van der Waals surface area (Å²) in [5.41, 5.74) is 1.44. The van der Waals surface area contributed by atoms with Crippen molar-refractivity contribution in [3.8, 4) is 11.5 Å². The maximum atomic E-state index is 13.2. The number of piperidine rings is 1. The maximum Gasteiger partial charge on any atom is 0.243 e. The molecule has 0 unspecified atom stereocenters. The van der Waals surface area contributed by atoms with E-state index in [0.717, 1.165) is 22.1 Å². The molecule has 7 nitrogen and oxygen atoms in total. The summed E-state index contributed by atoms with van der Waals surface area (Å²) in [7, 11) is -3.61. The first-order valence-corrected chi connectivity index (χ1v) is 12.7. The molecule has 0 saturated carbocycles. The molecule has 2 heterocycles. The van der Waals surface area contributed by atoms with Crippen LogP contribution in [0.3, 0.4) is 0 Å². The Labute approximate surface area is 198 Å². The second kappa shape index (κ2) is 9.04. The van der Waals surface area contributed by atoms with E-state index in [9.17, 15) is 13.2 Å². The smallest absolute Gasteiger partial charge is 0.243 e. The second-order valence-corrected chi connectivity index (χ2v) is 10.5. The summed E-state index contributed by atoms with van der Waals surface area (Å²) >= 11 is 0. The van der Waals surface area contributed by atoms with E-state index in [1.165, 1.54) is 4.31 Å². The normalized spacial score (nSPS) is 15.4. The molecule has 1 aromatic heterocycles. The summed E-state index contributed by atoms with van der Waals surface area (Å²) in [5.74, 6) is 0.856. The van der Waals surface area contributed by atoms with Gasteiger partial charge in [-0.1, -0.05) is 36.4 Å². The van der Waals surface area contributed by atoms with Crippen molar-refractivity contribution in [3.63, 3.8) is 0 Å². The lowest BCUT2D eigenvalue weighted by atomic mass is 9.97. The topological polar surface area (TPSA) is 92.5 Å². The molecule has 8 heteroatoms. The SMILES string of the molecule is Cc1cnc(-c2cccc(NC(=O)C3CCN(S(=O)(=O)c4ccc5ccccc5c4)CC3)c2)o1. The number of carbonyl (C=O) groups excluding carboxylic acids is 1. The highest BCUT2D eigenvalue weighted by atomic mass is 32.2. The highest BCUT2D eigenvalue weighted by molar-refractivity contribution is 7.89. The Balaban J connectivity index is 1.23. The molecule has 174 valence electrons. The zero-order chi connectivity index (χ0) is 23.7. The van der Waals surface area contributed by atoms with Crippen LogP contribution in [0, 0.1) is 12.8 Å². The van der Waals surface area contributed by atoms with Crippen LogP contribution >= 0.6 is 0 Å². The minimum atomic E-state index is -3.61. The summed E-state index contributed by atoms with van der Waals surface area (Å²) in [5, 5.41) is 4.85. The predicted molar refractivity (Wildman–Crippen MR) is 131 cm³/mol. The highest BCUT2D eigenvalue weighted by Crippen LogP contribution is 2.28. The molecule has 0 spiro atoms. The number of carbonyl (C=O) groups is 1. The number of hydrogen-bond acceptors (Lipinski definition) is 5. The van der Waals surface area contributed by atoms with E-state index < -0.39 is 10.0 Å². The highest BCUT2D eigenvalue weighted by Gasteiger charge is 2.32. The summed E-state index contributed by atoms with van der Waals surface area (Å²) < 4.78 is 33.4. The Morgan fingerprint density at radius 3 is 2.50 bits per heavy atom. The molecular formula is C26H25N3O4S. The summed E-state index contributed by atoms with van der Waals surface area (Å²) in [6.45, 7) is 2.44. The molecule has 0 bridgehead atoms. The van der Waals surface area contributed by atoms with Crippen LogP contribution in [0.4, 0.5) is 5.69 Å². The number of benzene rings is 3. The number of aryl methyl sites for hydroxylation is 1.